The Hall–Kier alpha value is -6.78. The van der Waals surface area contributed by atoms with Crippen LogP contribution in [0.4, 0.5) is 0 Å². The topological polar surface area (TPSA) is 35.6 Å². The molecule has 7 aromatic carbocycles. The molecule has 0 aliphatic rings. The predicted molar refractivity (Wildman–Crippen MR) is 207 cm³/mol. The standard InChI is InChI=1S/C46H30N4/c1-4-15-31(16-5-1)33-19-14-20-34(29-33)46-47-40(32-17-6-2-7-18-32)30-43(48-46)50-42-26-13-11-24-37(42)39-28-27-38-36-23-10-12-25-41(36)49(44(38)45(39)50)35-21-8-3-9-22-35/h1-30H. The number of aromatic nitrogens is 4. The van der Waals surface area contributed by atoms with Crippen LogP contribution in [0.25, 0.3) is 88.9 Å². The van der Waals surface area contributed by atoms with E-state index in [9.17, 15) is 0 Å². The van der Waals surface area contributed by atoms with Crippen LogP contribution < -0.4 is 0 Å². The maximum Gasteiger partial charge on any atom is 0.162 e. The van der Waals surface area contributed by atoms with Crippen LogP contribution in [0.15, 0.2) is 182 Å². The van der Waals surface area contributed by atoms with E-state index in [1.165, 1.54) is 27.1 Å². The van der Waals surface area contributed by atoms with Gasteiger partial charge in [-0.15, -0.1) is 0 Å². The molecule has 3 aromatic heterocycles. The molecule has 0 unspecified atom stereocenters. The van der Waals surface area contributed by atoms with Gasteiger partial charge < -0.3 is 4.57 Å². The van der Waals surface area contributed by atoms with Gasteiger partial charge in [0.2, 0.25) is 0 Å². The van der Waals surface area contributed by atoms with Crippen LogP contribution in [0.3, 0.4) is 0 Å². The largest absolute Gasteiger partial charge is 0.307 e. The highest BCUT2D eigenvalue weighted by Gasteiger charge is 2.22. The van der Waals surface area contributed by atoms with Crippen molar-refractivity contribution in [2.45, 2.75) is 0 Å². The van der Waals surface area contributed by atoms with Gasteiger partial charge in [-0.2, -0.15) is 0 Å². The first kappa shape index (κ1) is 28.3. The van der Waals surface area contributed by atoms with Gasteiger partial charge in [-0.25, -0.2) is 9.97 Å². The lowest BCUT2D eigenvalue weighted by molar-refractivity contribution is 1.05. The van der Waals surface area contributed by atoms with Crippen LogP contribution in [0.5, 0.6) is 0 Å². The minimum Gasteiger partial charge on any atom is -0.307 e. The zero-order valence-corrected chi connectivity index (χ0v) is 27.1. The van der Waals surface area contributed by atoms with Gasteiger partial charge >= 0.3 is 0 Å². The second-order valence-electron chi connectivity index (χ2n) is 12.6. The molecule has 0 radical (unpaired) electrons. The van der Waals surface area contributed by atoms with Crippen molar-refractivity contribution in [2.75, 3.05) is 0 Å². The lowest BCUT2D eigenvalue weighted by Crippen LogP contribution is -2.04. The molecule has 10 rings (SSSR count). The summed E-state index contributed by atoms with van der Waals surface area (Å²) >= 11 is 0. The van der Waals surface area contributed by atoms with Crippen LogP contribution >= 0.6 is 0 Å². The molecule has 4 nitrogen and oxygen atoms in total. The maximum absolute atomic E-state index is 5.41. The van der Waals surface area contributed by atoms with E-state index in [1.54, 1.807) is 0 Å². The molecule has 0 bridgehead atoms. The van der Waals surface area contributed by atoms with Gasteiger partial charge in [0.05, 0.1) is 27.8 Å². The molecule has 4 heteroatoms. The maximum atomic E-state index is 5.41. The third-order valence-electron chi connectivity index (χ3n) is 9.72. The molecule has 3 heterocycles. The van der Waals surface area contributed by atoms with Crippen molar-refractivity contribution in [2.24, 2.45) is 0 Å². The summed E-state index contributed by atoms with van der Waals surface area (Å²) in [4.78, 5) is 10.6. The third-order valence-corrected chi connectivity index (χ3v) is 9.72. The van der Waals surface area contributed by atoms with E-state index < -0.39 is 0 Å². The Morgan fingerprint density at radius 2 is 0.860 bits per heavy atom. The highest BCUT2D eigenvalue weighted by Crippen LogP contribution is 2.42. The molecule has 0 aliphatic heterocycles. The highest BCUT2D eigenvalue weighted by molar-refractivity contribution is 6.23. The summed E-state index contributed by atoms with van der Waals surface area (Å²) in [5.74, 6) is 1.50. The SMILES string of the molecule is c1ccc(-c2cccc(-c3nc(-c4ccccc4)cc(-n4c5ccccc5c5ccc6c7ccccc7n(-c7ccccc7)c6c54)n3)c2)cc1. The smallest absolute Gasteiger partial charge is 0.162 e. The molecular weight excluding hydrogens is 609 g/mol. The molecule has 0 atom stereocenters. The number of rotatable bonds is 5. The Balaban J connectivity index is 1.33. The Labute approximate surface area is 289 Å². The van der Waals surface area contributed by atoms with Gasteiger partial charge in [0.1, 0.15) is 5.82 Å². The summed E-state index contributed by atoms with van der Waals surface area (Å²) in [5, 5.41) is 4.78. The molecule has 0 spiro atoms. The molecule has 50 heavy (non-hydrogen) atoms. The Morgan fingerprint density at radius 1 is 0.340 bits per heavy atom. The van der Waals surface area contributed by atoms with E-state index in [4.69, 9.17) is 9.97 Å². The van der Waals surface area contributed by atoms with Crippen LogP contribution in [-0.2, 0) is 0 Å². The van der Waals surface area contributed by atoms with E-state index in [0.29, 0.717) is 5.82 Å². The zero-order chi connectivity index (χ0) is 33.0. The molecule has 234 valence electrons. The van der Waals surface area contributed by atoms with Gasteiger partial charge in [-0.3, -0.25) is 4.57 Å². The third kappa shape index (κ3) is 4.46. The van der Waals surface area contributed by atoms with E-state index >= 15 is 0 Å². The minimum absolute atomic E-state index is 0.681. The van der Waals surface area contributed by atoms with Crippen molar-refractivity contribution in [3.8, 4) is 45.3 Å². The number of para-hydroxylation sites is 3. The molecule has 0 saturated carbocycles. The fourth-order valence-corrected chi connectivity index (χ4v) is 7.49. The molecule has 0 saturated heterocycles. The van der Waals surface area contributed by atoms with E-state index in [0.717, 1.165) is 56.0 Å². The van der Waals surface area contributed by atoms with Crippen molar-refractivity contribution in [1.82, 2.24) is 19.1 Å². The molecule has 0 N–H and O–H groups in total. The fourth-order valence-electron chi connectivity index (χ4n) is 7.49. The van der Waals surface area contributed by atoms with Crippen LogP contribution in [0.2, 0.25) is 0 Å². The molecule has 0 fully saturated rings. The van der Waals surface area contributed by atoms with E-state index in [2.05, 4.69) is 179 Å². The Kier molecular flexibility index (Phi) is 6.46. The molecule has 0 aliphatic carbocycles. The second kappa shape index (κ2) is 11.4. The summed E-state index contributed by atoms with van der Waals surface area (Å²) in [6, 6.07) is 64.2. The molecular formula is C46H30N4. The number of benzene rings is 7. The summed E-state index contributed by atoms with van der Waals surface area (Å²) in [6.45, 7) is 0. The Morgan fingerprint density at radius 3 is 1.54 bits per heavy atom. The monoisotopic (exact) mass is 638 g/mol. The van der Waals surface area contributed by atoms with Crippen molar-refractivity contribution in [1.29, 1.82) is 0 Å². The van der Waals surface area contributed by atoms with Crippen LogP contribution in [0.1, 0.15) is 0 Å². The fraction of sp³-hybridized carbons (Fsp3) is 0. The zero-order valence-electron chi connectivity index (χ0n) is 27.1. The first-order chi connectivity index (χ1) is 24.8. The lowest BCUT2D eigenvalue weighted by Gasteiger charge is -2.14. The molecule has 0 amide bonds. The summed E-state index contributed by atoms with van der Waals surface area (Å²) in [5.41, 5.74) is 10.8. The van der Waals surface area contributed by atoms with Crippen molar-refractivity contribution in [3.63, 3.8) is 0 Å². The van der Waals surface area contributed by atoms with Gasteiger partial charge in [-0.05, 0) is 41.5 Å². The van der Waals surface area contributed by atoms with E-state index in [-0.39, 0.29) is 0 Å². The average molecular weight is 639 g/mol. The number of nitrogens with zero attached hydrogens (tertiary/aromatic N) is 4. The second-order valence-corrected chi connectivity index (χ2v) is 12.6. The lowest BCUT2D eigenvalue weighted by atomic mass is 10.0. The first-order valence-corrected chi connectivity index (χ1v) is 16.9. The van der Waals surface area contributed by atoms with Crippen molar-refractivity contribution >= 4 is 43.6 Å². The normalized spacial score (nSPS) is 11.6. The summed E-state index contributed by atoms with van der Waals surface area (Å²) in [6.07, 6.45) is 0. The van der Waals surface area contributed by atoms with Crippen LogP contribution in [0, 0.1) is 0 Å². The van der Waals surface area contributed by atoms with Gasteiger partial charge in [0.25, 0.3) is 0 Å². The predicted octanol–water partition coefficient (Wildman–Crippen LogP) is 11.7. The van der Waals surface area contributed by atoms with Gasteiger partial charge in [-0.1, -0.05) is 146 Å². The van der Waals surface area contributed by atoms with E-state index in [1.807, 2.05) is 12.1 Å². The highest BCUT2D eigenvalue weighted by atomic mass is 15.1. The average Bonchev–Trinajstić information content (AvgIpc) is 3.72. The first-order valence-electron chi connectivity index (χ1n) is 16.9. The number of hydrogen-bond acceptors (Lipinski definition) is 2. The summed E-state index contributed by atoms with van der Waals surface area (Å²) < 4.78 is 4.76. The van der Waals surface area contributed by atoms with Crippen LogP contribution in [-0.4, -0.2) is 19.1 Å². The van der Waals surface area contributed by atoms with Gasteiger partial charge in [0, 0.05) is 44.4 Å². The van der Waals surface area contributed by atoms with Crippen molar-refractivity contribution in [3.05, 3.63) is 182 Å². The quantitative estimate of drug-likeness (QED) is 0.188. The summed E-state index contributed by atoms with van der Waals surface area (Å²) in [7, 11) is 0. The van der Waals surface area contributed by atoms with Crippen molar-refractivity contribution < 1.29 is 0 Å². The minimum atomic E-state index is 0.681. The molecule has 10 aromatic rings. The number of fused-ring (bicyclic) bond motifs is 7. The van der Waals surface area contributed by atoms with Gasteiger partial charge in [0.15, 0.2) is 5.82 Å². The Bertz CT molecular complexity index is 2850. The number of hydrogen-bond donors (Lipinski definition) is 0.